The zero-order chi connectivity index (χ0) is 59.6. The van der Waals surface area contributed by atoms with Crippen molar-refractivity contribution in [2.45, 2.75) is 117 Å². The maximum Gasteiger partial charge on any atom is 1.00 e. The number of hydrogen-bond donors (Lipinski definition) is 1. The molecule has 0 fully saturated rings. The first-order valence-electron chi connectivity index (χ1n) is 23.8. The maximum absolute atomic E-state index is 13.3. The number of fused-ring (bicyclic) bond motifs is 2. The van der Waals surface area contributed by atoms with Crippen molar-refractivity contribution >= 4 is 135 Å². The van der Waals surface area contributed by atoms with Crippen molar-refractivity contribution in [3.63, 3.8) is 0 Å². The first kappa shape index (κ1) is 76.8. The van der Waals surface area contributed by atoms with Gasteiger partial charge in [-0.25, -0.2) is 48.6 Å². The molecule has 0 amide bonds. The van der Waals surface area contributed by atoms with E-state index in [-0.39, 0.29) is 172 Å². The van der Waals surface area contributed by atoms with E-state index in [0.717, 1.165) is 40.9 Å². The molecule has 0 aliphatic carbocycles. The van der Waals surface area contributed by atoms with E-state index in [2.05, 4.69) is 25.9 Å². The molecule has 0 saturated carbocycles. The van der Waals surface area contributed by atoms with Crippen molar-refractivity contribution < 1.29 is 161 Å². The predicted octanol–water partition coefficient (Wildman–Crippen LogP) is -5.42. The smallest absolute Gasteiger partial charge is 0.744 e. The van der Waals surface area contributed by atoms with Crippen LogP contribution in [0.1, 0.15) is 106 Å². The molecule has 1 N–H and O–H groups in total. The number of aromatic nitrogens is 5. The minimum Gasteiger partial charge on any atom is -0.744 e. The number of benzene rings is 4. The van der Waals surface area contributed by atoms with Gasteiger partial charge in [0, 0.05) is 16.0 Å². The molecular formula is C49H45Li5N10O15S7. The van der Waals surface area contributed by atoms with Gasteiger partial charge in [-0.15, -0.1) is 10.2 Å². The number of nitrogens with one attached hydrogen (secondary N) is 1. The molecular weight excluding hydrogens is 1230 g/mol. The molecule has 0 saturated heterocycles. The van der Waals surface area contributed by atoms with Crippen LogP contribution in [0.4, 0.5) is 39.6 Å². The Balaban J connectivity index is 0.00000387. The fourth-order valence-corrected chi connectivity index (χ4v) is 14.5. The molecule has 428 valence electrons. The summed E-state index contributed by atoms with van der Waals surface area (Å²) in [7, 11) is -21.5. The Morgan fingerprint density at radius 1 is 0.756 bits per heavy atom. The molecule has 0 unspecified atom stereocenters. The molecule has 0 bridgehead atoms. The van der Waals surface area contributed by atoms with Crippen LogP contribution in [0.5, 0.6) is 0 Å². The van der Waals surface area contributed by atoms with Crippen molar-refractivity contribution in [3.05, 3.63) is 99.7 Å². The zero-order valence-corrected chi connectivity index (χ0v) is 54.9. The van der Waals surface area contributed by atoms with Crippen LogP contribution in [0.15, 0.2) is 95.4 Å². The van der Waals surface area contributed by atoms with Crippen molar-refractivity contribution in [3.8, 4) is 11.2 Å². The summed E-state index contributed by atoms with van der Waals surface area (Å²) >= 11 is 2.59. The van der Waals surface area contributed by atoms with Gasteiger partial charge in [0.25, 0.3) is 0 Å². The molecule has 0 atom stereocenters. The third-order valence-electron chi connectivity index (χ3n) is 12.4. The quantitative estimate of drug-likeness (QED) is 0.0209. The Hall–Kier alpha value is -3.43. The maximum atomic E-state index is 13.3. The van der Waals surface area contributed by atoms with Gasteiger partial charge < -0.3 is 28.8 Å². The SMILES string of the molecule is CCc1cc(S(=O)(=O)[O-])cc(C(C)C)c1Nc1nc(N(c2nc3ccc(S(=O)(=O)[O-])cc3s2)c2c(C)cc(S(=O)(=O)[O-])c(S(=O)(=O)[O-])c2C(C)C)cc(C)c1N=Nc1c(C#N)c(C(C)(C)C)nn1-c1nc2ccc(SOO[O-])cc2s1.[Li+].[Li+].[Li+].[Li+].[Li+]. The van der Waals surface area contributed by atoms with Crippen LogP contribution in [0.3, 0.4) is 0 Å². The van der Waals surface area contributed by atoms with Crippen LogP contribution in [-0.4, -0.2) is 76.6 Å². The summed E-state index contributed by atoms with van der Waals surface area (Å²) in [5.74, 6) is -1.99. The molecule has 37 heteroatoms. The van der Waals surface area contributed by atoms with E-state index in [1.807, 2.05) is 20.8 Å². The third-order valence-corrected chi connectivity index (χ3v) is 18.5. The Bertz CT molecular complexity index is 4440. The number of hydrogen-bond acceptors (Lipinski definition) is 27. The number of thiazole rings is 2. The van der Waals surface area contributed by atoms with Gasteiger partial charge in [0.05, 0.1) is 63.4 Å². The molecule has 4 aromatic heterocycles. The second-order valence-electron chi connectivity index (χ2n) is 19.8. The largest absolute Gasteiger partial charge is 1.00 e. The summed E-state index contributed by atoms with van der Waals surface area (Å²) in [6.07, 6.45) is 0.139. The van der Waals surface area contributed by atoms with E-state index in [1.54, 1.807) is 45.9 Å². The molecule has 8 aromatic rings. The van der Waals surface area contributed by atoms with Gasteiger partial charge in [0.2, 0.25) is 5.13 Å². The van der Waals surface area contributed by atoms with Crippen LogP contribution < -0.4 is 110 Å². The van der Waals surface area contributed by atoms with Gasteiger partial charge in [0.15, 0.2) is 16.8 Å². The van der Waals surface area contributed by atoms with E-state index in [4.69, 9.17) is 25.2 Å². The average Bonchev–Trinajstić information content (AvgIpc) is 1.87. The zero-order valence-electron chi connectivity index (χ0n) is 49.1. The molecule has 86 heavy (non-hydrogen) atoms. The number of nitrogens with zero attached hydrogens (tertiary/aromatic N) is 9. The van der Waals surface area contributed by atoms with Gasteiger partial charge in [-0.1, -0.05) is 78.1 Å². The fourth-order valence-electron chi connectivity index (χ4n) is 8.78. The summed E-state index contributed by atoms with van der Waals surface area (Å²) < 4.78 is 159. The van der Waals surface area contributed by atoms with Crippen LogP contribution >= 0.6 is 34.7 Å². The number of pyridine rings is 1. The summed E-state index contributed by atoms with van der Waals surface area (Å²) in [4.78, 5) is 12.5. The first-order chi connectivity index (χ1) is 37.7. The summed E-state index contributed by atoms with van der Waals surface area (Å²) in [5.41, 5.74) is 0.459. The molecule has 4 aromatic carbocycles. The molecule has 0 spiro atoms. The van der Waals surface area contributed by atoms with Crippen LogP contribution in [0.25, 0.3) is 25.6 Å². The monoisotopic (exact) mass is 1270 g/mol. The topological polar surface area (TPSA) is 391 Å². The van der Waals surface area contributed by atoms with E-state index in [1.165, 1.54) is 54.6 Å². The van der Waals surface area contributed by atoms with Gasteiger partial charge >= 0.3 is 94.3 Å². The summed E-state index contributed by atoms with van der Waals surface area (Å²) in [6.45, 7) is 16.5. The van der Waals surface area contributed by atoms with Gasteiger partial charge in [-0.3, -0.25) is 9.94 Å². The van der Waals surface area contributed by atoms with Crippen LogP contribution in [-0.2, 0) is 61.7 Å². The minimum atomic E-state index is -5.81. The summed E-state index contributed by atoms with van der Waals surface area (Å²) in [6, 6.07) is 15.1. The summed E-state index contributed by atoms with van der Waals surface area (Å²) in [5, 5.41) is 42.5. The molecule has 25 nitrogen and oxygen atoms in total. The standard InChI is InChI=1S/C49H50N10O15S7.5Li/c1-11-27-18-30(79(64,65)66)20-31(23(2)3)41(27)54-45-40(55-56-46-32(22-50)44(49(8,9)10)57-59(46)48-52-33-14-12-28(77-74-73-60)19-35(33)76-48)25(6)17-38(53-45)58(47-51-34-15-13-29(78(61,62)63)21-36(34)75-47)42-26(7)16-37(80(67,68)69)43(81(70,71)72)39(42)24(4)5;;;;;/h12-21,23-24,60H,11H2,1-10H3,(H,53,54)(H,61,62,63)(H,64,65,66)(H,67,68,69)(H,70,71,72);;;;;/q;5*+1/p-5. The van der Waals surface area contributed by atoms with Crippen LogP contribution in [0.2, 0.25) is 0 Å². The fraction of sp³-hybridized carbons (Fsp3) is 0.286. The van der Waals surface area contributed by atoms with Crippen LogP contribution in [0, 0.1) is 25.2 Å². The van der Waals surface area contributed by atoms with Gasteiger partial charge in [-0.05, 0) is 121 Å². The second kappa shape index (κ2) is 29.2. The number of nitriles is 1. The number of rotatable bonds is 18. The number of aryl methyl sites for hydroxylation is 3. The third kappa shape index (κ3) is 16.2. The minimum absolute atomic E-state index is 0. The Kier molecular flexibility index (Phi) is 26.1. The number of azo groups is 1. The Morgan fingerprint density at radius 3 is 1.92 bits per heavy atom. The first-order valence-corrected chi connectivity index (χ1v) is 31.8. The van der Waals surface area contributed by atoms with Crippen molar-refractivity contribution in [2.75, 3.05) is 10.2 Å². The van der Waals surface area contributed by atoms with Crippen molar-refractivity contribution in [2.24, 2.45) is 10.2 Å². The van der Waals surface area contributed by atoms with Crippen molar-refractivity contribution in [1.29, 1.82) is 5.26 Å². The molecule has 4 heterocycles. The molecule has 0 radical (unpaired) electrons. The van der Waals surface area contributed by atoms with E-state index < -0.39 is 82.9 Å². The van der Waals surface area contributed by atoms with Gasteiger partial charge in [0.1, 0.15) is 63.6 Å². The van der Waals surface area contributed by atoms with Crippen molar-refractivity contribution in [1.82, 2.24) is 24.7 Å². The predicted molar refractivity (Wildman–Crippen MR) is 293 cm³/mol. The molecule has 0 aliphatic rings. The van der Waals surface area contributed by atoms with E-state index >= 15 is 0 Å². The normalized spacial score (nSPS) is 12.1. The Morgan fingerprint density at radius 2 is 1.37 bits per heavy atom. The molecule has 0 aliphatic heterocycles. The molecule has 8 rings (SSSR count). The van der Waals surface area contributed by atoms with E-state index in [9.17, 15) is 62.4 Å². The second-order valence-corrected chi connectivity index (χ2v) is 28.0. The van der Waals surface area contributed by atoms with E-state index in [0.29, 0.717) is 44.0 Å². The average molecular weight is 1270 g/mol. The Labute approximate surface area is 568 Å². The van der Waals surface area contributed by atoms with Gasteiger partial charge in [-0.2, -0.15) is 19.4 Å². The number of anilines is 5.